The number of nitrogens with zero attached hydrogens (tertiary/aromatic N) is 4. The predicted octanol–water partition coefficient (Wildman–Crippen LogP) is 1.88. The largest absolute Gasteiger partial charge is 0.407 e. The smallest absolute Gasteiger partial charge is 0.148 e. The van der Waals surface area contributed by atoms with Crippen molar-refractivity contribution in [3.63, 3.8) is 0 Å². The Hall–Kier alpha value is -2.68. The normalized spacial score (nSPS) is 28.3. The van der Waals surface area contributed by atoms with Crippen LogP contribution in [-0.2, 0) is 0 Å². The van der Waals surface area contributed by atoms with E-state index < -0.39 is 0 Å². The molecule has 162 valence electrons. The van der Waals surface area contributed by atoms with Gasteiger partial charge in [0.05, 0.1) is 6.54 Å². The molecule has 5 aliphatic heterocycles. The molecule has 7 nitrogen and oxygen atoms in total. The summed E-state index contributed by atoms with van der Waals surface area (Å²) in [5, 5.41) is 3.42. The number of hydrogen-bond acceptors (Lipinski definition) is 7. The van der Waals surface area contributed by atoms with Gasteiger partial charge in [0.15, 0.2) is 0 Å². The lowest BCUT2D eigenvalue weighted by molar-refractivity contribution is -0.0189. The van der Waals surface area contributed by atoms with Crippen LogP contribution in [0.25, 0.3) is 5.57 Å². The molecule has 2 fully saturated rings. The van der Waals surface area contributed by atoms with Crippen LogP contribution in [0.2, 0.25) is 0 Å². The molecule has 4 bridgehead atoms. The van der Waals surface area contributed by atoms with E-state index in [0.29, 0.717) is 23.9 Å². The molecular formula is C23H27FN6O. The number of fused-ring (bicyclic) bond motifs is 6. The molecule has 2 atom stereocenters. The van der Waals surface area contributed by atoms with Crippen LogP contribution in [-0.4, -0.2) is 72.0 Å². The van der Waals surface area contributed by atoms with Crippen molar-refractivity contribution in [2.75, 3.05) is 39.3 Å². The molecule has 6 rings (SSSR count). The van der Waals surface area contributed by atoms with Crippen LogP contribution in [0.15, 0.2) is 53.4 Å². The Labute approximate surface area is 181 Å². The van der Waals surface area contributed by atoms with E-state index in [4.69, 9.17) is 9.83 Å². The first kappa shape index (κ1) is 19.0. The van der Waals surface area contributed by atoms with Gasteiger partial charge in [0, 0.05) is 49.6 Å². The van der Waals surface area contributed by atoms with Gasteiger partial charge >= 0.3 is 0 Å². The zero-order valence-electron chi connectivity index (χ0n) is 17.4. The molecule has 0 saturated carbocycles. The lowest BCUT2D eigenvalue weighted by Crippen LogP contribution is -2.62. The van der Waals surface area contributed by atoms with Gasteiger partial charge in [-0.05, 0) is 43.7 Å². The van der Waals surface area contributed by atoms with Crippen molar-refractivity contribution < 1.29 is 9.23 Å². The van der Waals surface area contributed by atoms with Crippen LogP contribution in [0.3, 0.4) is 0 Å². The van der Waals surface area contributed by atoms with Crippen LogP contribution < -0.4 is 15.6 Å². The monoisotopic (exact) mass is 422 g/mol. The molecule has 31 heavy (non-hydrogen) atoms. The third-order valence-electron chi connectivity index (χ3n) is 6.79. The van der Waals surface area contributed by atoms with E-state index in [9.17, 15) is 4.39 Å². The predicted molar refractivity (Wildman–Crippen MR) is 117 cm³/mol. The van der Waals surface area contributed by atoms with E-state index in [1.807, 2.05) is 24.4 Å². The van der Waals surface area contributed by atoms with Gasteiger partial charge in [0.1, 0.15) is 29.4 Å². The van der Waals surface area contributed by atoms with Crippen molar-refractivity contribution >= 4 is 11.4 Å². The second-order valence-electron chi connectivity index (χ2n) is 8.69. The second kappa shape index (κ2) is 7.78. The molecule has 0 aliphatic carbocycles. The summed E-state index contributed by atoms with van der Waals surface area (Å²) in [6.45, 7) is 5.36. The highest BCUT2D eigenvalue weighted by Gasteiger charge is 2.36. The van der Waals surface area contributed by atoms with E-state index in [1.54, 1.807) is 12.1 Å². The average Bonchev–Trinajstić information content (AvgIpc) is 3.25. The Morgan fingerprint density at radius 1 is 1.13 bits per heavy atom. The summed E-state index contributed by atoms with van der Waals surface area (Å²) in [6, 6.07) is 5.54. The number of rotatable bonds is 0. The molecule has 1 aromatic carbocycles. The van der Waals surface area contributed by atoms with Crippen molar-refractivity contribution in [1.29, 1.82) is 0 Å². The number of nitrogens with one attached hydrogen (secondary N) is 2. The van der Waals surface area contributed by atoms with Crippen molar-refractivity contribution in [2.24, 2.45) is 4.99 Å². The molecule has 5 aliphatic rings. The van der Waals surface area contributed by atoms with Gasteiger partial charge in [-0.3, -0.25) is 14.8 Å². The SMILES string of the molecule is Fc1ccc2cc1C1=C3NC(=NCCN4C[C@@H]5CCCN5C[C@H]4NO2)C=CN3CC=C1. The van der Waals surface area contributed by atoms with E-state index in [0.717, 1.165) is 50.0 Å². The number of hydrogen-bond donors (Lipinski definition) is 2. The Bertz CT molecular complexity index is 1000. The van der Waals surface area contributed by atoms with E-state index in [1.165, 1.54) is 18.9 Å². The maximum atomic E-state index is 14.9. The van der Waals surface area contributed by atoms with Gasteiger partial charge in [0.2, 0.25) is 0 Å². The maximum Gasteiger partial charge on any atom is 0.148 e. The summed E-state index contributed by atoms with van der Waals surface area (Å²) < 4.78 is 14.9. The summed E-state index contributed by atoms with van der Waals surface area (Å²) in [7, 11) is 0. The summed E-state index contributed by atoms with van der Waals surface area (Å²) in [5.41, 5.74) is 4.56. The van der Waals surface area contributed by atoms with Crippen molar-refractivity contribution in [3.8, 4) is 5.75 Å². The van der Waals surface area contributed by atoms with Crippen LogP contribution in [0.5, 0.6) is 5.75 Å². The third kappa shape index (κ3) is 3.54. The number of aliphatic imine (C=N–C) groups is 1. The Morgan fingerprint density at radius 2 is 2.10 bits per heavy atom. The third-order valence-corrected chi connectivity index (χ3v) is 6.79. The fourth-order valence-corrected chi connectivity index (χ4v) is 5.16. The first-order valence-corrected chi connectivity index (χ1v) is 11.1. The molecule has 5 heterocycles. The van der Waals surface area contributed by atoms with Gasteiger partial charge in [0.25, 0.3) is 0 Å². The van der Waals surface area contributed by atoms with Gasteiger partial charge in [-0.15, -0.1) is 5.48 Å². The molecule has 8 heteroatoms. The molecule has 0 aromatic heterocycles. The minimum Gasteiger partial charge on any atom is -0.407 e. The molecule has 0 amide bonds. The number of piperazine rings is 1. The zero-order valence-corrected chi connectivity index (χ0v) is 17.4. The number of allylic oxidation sites excluding steroid dienone is 2. The summed E-state index contributed by atoms with van der Waals surface area (Å²) in [4.78, 5) is 17.8. The molecule has 0 spiro atoms. The van der Waals surface area contributed by atoms with Gasteiger partial charge < -0.3 is 15.1 Å². The van der Waals surface area contributed by atoms with Gasteiger partial charge in [-0.1, -0.05) is 12.2 Å². The summed E-state index contributed by atoms with van der Waals surface area (Å²) in [6.07, 6.45) is 10.6. The van der Waals surface area contributed by atoms with Gasteiger partial charge in [-0.25, -0.2) is 4.39 Å². The highest BCUT2D eigenvalue weighted by Crippen LogP contribution is 2.31. The van der Waals surface area contributed by atoms with Crippen LogP contribution >= 0.6 is 0 Å². The van der Waals surface area contributed by atoms with E-state index in [-0.39, 0.29) is 12.0 Å². The number of hydroxylamine groups is 1. The topological polar surface area (TPSA) is 55.4 Å². The van der Waals surface area contributed by atoms with Crippen molar-refractivity contribution in [1.82, 2.24) is 25.5 Å². The number of amidine groups is 1. The second-order valence-corrected chi connectivity index (χ2v) is 8.69. The van der Waals surface area contributed by atoms with E-state index in [2.05, 4.69) is 25.5 Å². The molecular weight excluding hydrogens is 395 g/mol. The molecule has 1 aromatic rings. The zero-order chi connectivity index (χ0) is 20.8. The fraction of sp³-hybridized carbons (Fsp3) is 0.435. The lowest BCUT2D eigenvalue weighted by atomic mass is 10.0. The van der Waals surface area contributed by atoms with E-state index >= 15 is 0 Å². The molecule has 0 radical (unpaired) electrons. The Kier molecular flexibility index (Phi) is 4.78. The summed E-state index contributed by atoms with van der Waals surface area (Å²) in [5.74, 6) is 1.99. The van der Waals surface area contributed by atoms with Gasteiger partial charge in [-0.2, -0.15) is 0 Å². The molecule has 2 saturated heterocycles. The quantitative estimate of drug-likeness (QED) is 0.666. The highest BCUT2D eigenvalue weighted by atomic mass is 19.1. The number of benzene rings is 1. The van der Waals surface area contributed by atoms with Crippen molar-refractivity contribution in [3.05, 3.63) is 59.8 Å². The Balaban J connectivity index is 1.38. The first-order valence-electron chi connectivity index (χ1n) is 11.1. The average molecular weight is 423 g/mol. The van der Waals surface area contributed by atoms with Crippen LogP contribution in [0.4, 0.5) is 4.39 Å². The molecule has 0 unspecified atom stereocenters. The summed E-state index contributed by atoms with van der Waals surface area (Å²) >= 11 is 0. The first-order chi connectivity index (χ1) is 15.2. The number of halogens is 1. The minimum absolute atomic E-state index is 0.0701. The minimum atomic E-state index is -0.275. The Morgan fingerprint density at radius 3 is 3.06 bits per heavy atom. The standard InChI is InChI=1S/C23H27FN6O/c24-20-6-5-17-13-19(20)18-4-2-9-28-11-7-21(26-23(18)28)25-8-12-30-14-16-3-1-10-29(16)15-22(30)27-31-17/h2,4-7,11,13,16,22,27H,1,3,8-10,12,14-15H2,(H,25,26)/t16-,22-/m0/s1. The van der Waals surface area contributed by atoms with Crippen LogP contribution in [0.1, 0.15) is 18.4 Å². The highest BCUT2D eigenvalue weighted by molar-refractivity contribution is 5.97. The van der Waals surface area contributed by atoms with Crippen molar-refractivity contribution in [2.45, 2.75) is 25.0 Å². The maximum absolute atomic E-state index is 14.9. The van der Waals surface area contributed by atoms with Crippen LogP contribution in [0, 0.1) is 5.82 Å². The lowest BCUT2D eigenvalue weighted by Gasteiger charge is -2.43. The molecule has 2 N–H and O–H groups in total. The fourth-order valence-electron chi connectivity index (χ4n) is 5.16.